The van der Waals surface area contributed by atoms with Crippen molar-refractivity contribution in [1.82, 2.24) is 20.8 Å². The van der Waals surface area contributed by atoms with E-state index in [1.165, 1.54) is 0 Å². The highest BCUT2D eigenvalue weighted by atomic mass is 127. The lowest BCUT2D eigenvalue weighted by Gasteiger charge is -2.18. The average Bonchev–Trinajstić information content (AvgIpc) is 2.95. The number of benzene rings is 1. The van der Waals surface area contributed by atoms with Gasteiger partial charge >= 0.3 is 0 Å². The Kier molecular flexibility index (Phi) is 9.04. The van der Waals surface area contributed by atoms with E-state index in [0.717, 1.165) is 10.2 Å². The Bertz CT molecular complexity index is 665. The predicted octanol–water partition coefficient (Wildman–Crippen LogP) is 2.89. The van der Waals surface area contributed by atoms with Gasteiger partial charge in [-0.1, -0.05) is 17.3 Å². The summed E-state index contributed by atoms with van der Waals surface area (Å²) in [5.41, 5.74) is 0. The summed E-state index contributed by atoms with van der Waals surface area (Å²) in [7, 11) is 1.70. The Morgan fingerprint density at radius 1 is 1.38 bits per heavy atom. The zero-order valence-corrected chi connectivity index (χ0v) is 17.7. The van der Waals surface area contributed by atoms with Gasteiger partial charge in [0, 0.05) is 14.0 Å². The van der Waals surface area contributed by atoms with Crippen LogP contribution in [0.15, 0.2) is 38.3 Å². The lowest BCUT2D eigenvalue weighted by atomic mass is 10.3. The summed E-state index contributed by atoms with van der Waals surface area (Å²) in [6.07, 6.45) is -0.0281. The number of para-hydroxylation sites is 1. The minimum absolute atomic E-state index is 0. The first-order valence-corrected chi connectivity index (χ1v) is 8.02. The molecule has 0 amide bonds. The second-order valence-corrected chi connectivity index (χ2v) is 5.75. The van der Waals surface area contributed by atoms with Crippen LogP contribution < -0.4 is 15.4 Å². The number of halogens is 2. The van der Waals surface area contributed by atoms with Crippen LogP contribution in [0, 0.1) is 6.92 Å². The Hall–Kier alpha value is -1.36. The highest BCUT2D eigenvalue weighted by Crippen LogP contribution is 2.24. The van der Waals surface area contributed by atoms with Crippen LogP contribution in [0.2, 0.25) is 0 Å². The van der Waals surface area contributed by atoms with Crippen molar-refractivity contribution in [2.45, 2.75) is 26.5 Å². The van der Waals surface area contributed by atoms with Crippen molar-refractivity contribution in [3.8, 4) is 5.75 Å². The highest BCUT2D eigenvalue weighted by molar-refractivity contribution is 14.0. The molecule has 0 saturated carbocycles. The van der Waals surface area contributed by atoms with Crippen molar-refractivity contribution in [2.75, 3.05) is 13.6 Å². The number of rotatable bonds is 6. The van der Waals surface area contributed by atoms with Crippen LogP contribution in [0.3, 0.4) is 0 Å². The van der Waals surface area contributed by atoms with E-state index in [-0.39, 0.29) is 30.1 Å². The molecule has 1 aromatic carbocycles. The third kappa shape index (κ3) is 6.63. The average molecular weight is 510 g/mol. The van der Waals surface area contributed by atoms with Crippen LogP contribution in [0.5, 0.6) is 5.75 Å². The van der Waals surface area contributed by atoms with Crippen molar-refractivity contribution >= 4 is 45.9 Å². The van der Waals surface area contributed by atoms with Gasteiger partial charge in [0.2, 0.25) is 5.89 Å². The largest absolute Gasteiger partial charge is 0.488 e. The van der Waals surface area contributed by atoms with Crippen molar-refractivity contribution < 1.29 is 9.26 Å². The summed E-state index contributed by atoms with van der Waals surface area (Å²) in [6.45, 7) is 4.79. The van der Waals surface area contributed by atoms with E-state index in [2.05, 4.69) is 41.7 Å². The number of nitrogens with one attached hydrogen (secondary N) is 2. The van der Waals surface area contributed by atoms with Gasteiger partial charge in [-0.15, -0.1) is 24.0 Å². The summed E-state index contributed by atoms with van der Waals surface area (Å²) in [6, 6.07) is 7.76. The molecule has 132 valence electrons. The number of aliphatic imine (C=N–C) groups is 1. The smallest absolute Gasteiger partial charge is 0.223 e. The minimum atomic E-state index is -0.0281. The Morgan fingerprint density at radius 2 is 2.12 bits per heavy atom. The molecule has 9 heteroatoms. The molecule has 0 bridgehead atoms. The number of guanidine groups is 1. The van der Waals surface area contributed by atoms with E-state index in [4.69, 9.17) is 9.26 Å². The van der Waals surface area contributed by atoms with Crippen LogP contribution in [-0.4, -0.2) is 35.8 Å². The van der Waals surface area contributed by atoms with Crippen molar-refractivity contribution in [1.29, 1.82) is 0 Å². The molecular weight excluding hydrogens is 489 g/mol. The van der Waals surface area contributed by atoms with Crippen molar-refractivity contribution in [3.05, 3.63) is 40.5 Å². The van der Waals surface area contributed by atoms with Gasteiger partial charge in [-0.05, 0) is 35.0 Å². The minimum Gasteiger partial charge on any atom is -0.488 e. The Morgan fingerprint density at radius 3 is 2.75 bits per heavy atom. The summed E-state index contributed by atoms with van der Waals surface area (Å²) in [5.74, 6) is 2.59. The SMILES string of the molecule is CN=C(NCc1noc(C)n1)NCC(C)Oc1ccccc1Br.I. The summed E-state index contributed by atoms with van der Waals surface area (Å²) >= 11 is 3.47. The second kappa shape index (κ2) is 10.5. The molecule has 0 aliphatic carbocycles. The molecular formula is C15H21BrIN5O2. The normalized spacial score (nSPS) is 12.2. The summed E-state index contributed by atoms with van der Waals surface area (Å²) in [4.78, 5) is 8.27. The first-order chi connectivity index (χ1) is 11.1. The number of aromatic nitrogens is 2. The molecule has 0 fully saturated rings. The van der Waals surface area contributed by atoms with Gasteiger partial charge in [-0.3, -0.25) is 4.99 Å². The number of hydrogen-bond donors (Lipinski definition) is 2. The monoisotopic (exact) mass is 509 g/mol. The van der Waals surface area contributed by atoms with Gasteiger partial charge in [0.15, 0.2) is 11.8 Å². The van der Waals surface area contributed by atoms with Gasteiger partial charge in [-0.25, -0.2) is 0 Å². The molecule has 2 rings (SSSR count). The van der Waals surface area contributed by atoms with Crippen LogP contribution in [0.4, 0.5) is 0 Å². The van der Waals surface area contributed by atoms with E-state index >= 15 is 0 Å². The van der Waals surface area contributed by atoms with Gasteiger partial charge < -0.3 is 19.9 Å². The van der Waals surface area contributed by atoms with Crippen molar-refractivity contribution in [2.24, 2.45) is 4.99 Å². The topological polar surface area (TPSA) is 84.6 Å². The van der Waals surface area contributed by atoms with Crippen LogP contribution >= 0.6 is 39.9 Å². The number of ether oxygens (including phenoxy) is 1. The Labute approximate surface area is 166 Å². The molecule has 1 aromatic heterocycles. The molecule has 1 heterocycles. The Balaban J connectivity index is 0.00000288. The zero-order chi connectivity index (χ0) is 16.7. The van der Waals surface area contributed by atoms with Gasteiger partial charge in [0.25, 0.3) is 0 Å². The number of hydrogen-bond acceptors (Lipinski definition) is 5. The second-order valence-electron chi connectivity index (χ2n) is 4.90. The lowest BCUT2D eigenvalue weighted by Crippen LogP contribution is -2.41. The lowest BCUT2D eigenvalue weighted by molar-refractivity contribution is 0.222. The fourth-order valence-electron chi connectivity index (χ4n) is 1.84. The molecule has 0 aliphatic rings. The standard InChI is InChI=1S/C15H20BrN5O2.HI/c1-10(22-13-7-5-4-6-12(13)16)8-18-15(17-3)19-9-14-20-11(2)23-21-14;/h4-7,10H,8-9H2,1-3H3,(H2,17,18,19);1H. The third-order valence-electron chi connectivity index (χ3n) is 2.93. The maximum absolute atomic E-state index is 5.87. The van der Waals surface area contributed by atoms with Crippen LogP contribution in [0.25, 0.3) is 0 Å². The van der Waals surface area contributed by atoms with E-state index in [0.29, 0.717) is 30.8 Å². The summed E-state index contributed by atoms with van der Waals surface area (Å²) < 4.78 is 11.7. The van der Waals surface area contributed by atoms with E-state index in [9.17, 15) is 0 Å². The van der Waals surface area contributed by atoms with Crippen molar-refractivity contribution in [3.63, 3.8) is 0 Å². The maximum Gasteiger partial charge on any atom is 0.223 e. The van der Waals surface area contributed by atoms with E-state index < -0.39 is 0 Å². The molecule has 2 aromatic rings. The summed E-state index contributed by atoms with van der Waals surface area (Å²) in [5, 5.41) is 10.1. The molecule has 0 radical (unpaired) electrons. The predicted molar refractivity (Wildman–Crippen MR) is 107 cm³/mol. The van der Waals surface area contributed by atoms with E-state index in [1.54, 1.807) is 14.0 Å². The maximum atomic E-state index is 5.87. The van der Waals surface area contributed by atoms with Gasteiger partial charge in [0.1, 0.15) is 11.9 Å². The molecule has 24 heavy (non-hydrogen) atoms. The van der Waals surface area contributed by atoms with Crippen LogP contribution in [-0.2, 0) is 6.54 Å². The first-order valence-electron chi connectivity index (χ1n) is 7.23. The quantitative estimate of drug-likeness (QED) is 0.354. The fraction of sp³-hybridized carbons (Fsp3) is 0.400. The molecule has 0 aliphatic heterocycles. The fourth-order valence-corrected chi connectivity index (χ4v) is 2.21. The third-order valence-corrected chi connectivity index (χ3v) is 3.58. The molecule has 2 N–H and O–H groups in total. The molecule has 1 unspecified atom stereocenters. The number of aryl methyl sites for hydroxylation is 1. The molecule has 7 nitrogen and oxygen atoms in total. The van der Waals surface area contributed by atoms with Crippen LogP contribution in [0.1, 0.15) is 18.6 Å². The van der Waals surface area contributed by atoms with Gasteiger partial charge in [0.05, 0.1) is 17.6 Å². The number of nitrogens with zero attached hydrogens (tertiary/aromatic N) is 3. The first kappa shape index (κ1) is 20.7. The zero-order valence-electron chi connectivity index (χ0n) is 13.7. The molecule has 0 saturated heterocycles. The highest BCUT2D eigenvalue weighted by Gasteiger charge is 2.08. The molecule has 0 spiro atoms. The molecule has 1 atom stereocenters. The van der Waals surface area contributed by atoms with Gasteiger partial charge in [-0.2, -0.15) is 4.98 Å². The van der Waals surface area contributed by atoms with E-state index in [1.807, 2.05) is 31.2 Å².